The molecule has 4 heteroatoms. The smallest absolute Gasteiger partial charge is 0.237 e. The van der Waals surface area contributed by atoms with Crippen LogP contribution in [0.25, 0.3) is 0 Å². The van der Waals surface area contributed by atoms with Crippen molar-refractivity contribution >= 4 is 5.91 Å². The first-order valence-electron chi connectivity index (χ1n) is 9.89. The molecule has 0 aromatic heterocycles. The summed E-state index contributed by atoms with van der Waals surface area (Å²) in [7, 11) is 0. The van der Waals surface area contributed by atoms with Gasteiger partial charge in [0.2, 0.25) is 5.91 Å². The molecule has 27 heavy (non-hydrogen) atoms. The zero-order valence-corrected chi connectivity index (χ0v) is 16.2. The summed E-state index contributed by atoms with van der Waals surface area (Å²) in [5, 5.41) is 18.4. The fraction of sp³-hybridized carbons (Fsp3) is 0.435. The van der Waals surface area contributed by atoms with E-state index in [4.69, 9.17) is 0 Å². The summed E-state index contributed by atoms with van der Waals surface area (Å²) in [4.78, 5) is 12.9. The predicted molar refractivity (Wildman–Crippen MR) is 108 cm³/mol. The lowest BCUT2D eigenvalue weighted by atomic mass is 9.77. The molecule has 3 rings (SSSR count). The quantitative estimate of drug-likeness (QED) is 0.705. The Labute approximate surface area is 162 Å². The molecule has 0 aliphatic carbocycles. The van der Waals surface area contributed by atoms with Gasteiger partial charge in [0.1, 0.15) is 5.60 Å². The maximum atomic E-state index is 12.9. The van der Waals surface area contributed by atoms with Gasteiger partial charge in [-0.3, -0.25) is 4.79 Å². The summed E-state index contributed by atoms with van der Waals surface area (Å²) in [6, 6.07) is 18.7. The Bertz CT molecular complexity index is 685. The summed E-state index contributed by atoms with van der Waals surface area (Å²) in [6.07, 6.45) is 2.53. The van der Waals surface area contributed by atoms with Gasteiger partial charge < -0.3 is 15.7 Å². The van der Waals surface area contributed by atoms with Gasteiger partial charge in [0.15, 0.2) is 0 Å². The van der Waals surface area contributed by atoms with Crippen LogP contribution in [-0.2, 0) is 10.4 Å². The molecule has 1 fully saturated rings. The first-order chi connectivity index (χ1) is 13.0. The summed E-state index contributed by atoms with van der Waals surface area (Å²) in [5.41, 5.74) is 0.296. The molecule has 144 valence electrons. The van der Waals surface area contributed by atoms with Gasteiger partial charge in [-0.2, -0.15) is 0 Å². The molecule has 0 saturated carbocycles. The Kier molecular flexibility index (Phi) is 6.30. The van der Waals surface area contributed by atoms with E-state index in [0.717, 1.165) is 30.5 Å². The third-order valence-corrected chi connectivity index (χ3v) is 5.33. The summed E-state index contributed by atoms with van der Waals surface area (Å²) in [6.45, 7) is 5.10. The van der Waals surface area contributed by atoms with E-state index >= 15 is 0 Å². The monoisotopic (exact) mass is 366 g/mol. The fourth-order valence-corrected chi connectivity index (χ4v) is 3.94. The molecular formula is C23H30N2O2. The second-order valence-corrected chi connectivity index (χ2v) is 7.84. The lowest BCUT2D eigenvalue weighted by Gasteiger charge is -2.39. The van der Waals surface area contributed by atoms with Gasteiger partial charge >= 0.3 is 0 Å². The molecule has 0 radical (unpaired) electrons. The average Bonchev–Trinajstić information content (AvgIpc) is 3.23. The van der Waals surface area contributed by atoms with Crippen molar-refractivity contribution in [2.75, 3.05) is 6.54 Å². The third-order valence-electron chi connectivity index (χ3n) is 5.33. The van der Waals surface area contributed by atoms with Crippen molar-refractivity contribution in [2.24, 2.45) is 5.92 Å². The van der Waals surface area contributed by atoms with Crippen LogP contribution in [0.5, 0.6) is 0 Å². The van der Waals surface area contributed by atoms with Crippen LogP contribution in [0.4, 0.5) is 0 Å². The van der Waals surface area contributed by atoms with Gasteiger partial charge in [-0.05, 0) is 42.9 Å². The van der Waals surface area contributed by atoms with E-state index in [1.807, 2.05) is 60.7 Å². The maximum absolute atomic E-state index is 12.9. The molecule has 0 bridgehead atoms. The zero-order valence-electron chi connectivity index (χ0n) is 16.2. The number of hydrogen-bond donors (Lipinski definition) is 3. The van der Waals surface area contributed by atoms with Crippen LogP contribution in [0.2, 0.25) is 0 Å². The van der Waals surface area contributed by atoms with Crippen LogP contribution in [-0.4, -0.2) is 29.6 Å². The Balaban J connectivity index is 2.01. The van der Waals surface area contributed by atoms with Crippen molar-refractivity contribution in [1.29, 1.82) is 0 Å². The summed E-state index contributed by atoms with van der Waals surface area (Å²) < 4.78 is 0. The van der Waals surface area contributed by atoms with Gasteiger partial charge in [-0.15, -0.1) is 0 Å². The number of rotatable bonds is 7. The molecule has 2 aromatic rings. The number of aliphatic hydroxyl groups is 1. The lowest BCUT2D eigenvalue weighted by Crippen LogP contribution is -2.55. The van der Waals surface area contributed by atoms with E-state index in [0.29, 0.717) is 12.3 Å². The second kappa shape index (κ2) is 8.68. The lowest BCUT2D eigenvalue weighted by molar-refractivity contribution is -0.125. The average molecular weight is 367 g/mol. The standard InChI is InChI=1S/C23H30N2O2/c1-17(2)16-21(25-22(26)20-14-9-15-24-20)23(27,18-10-5-3-6-11-18)19-12-7-4-8-13-19/h3-8,10-13,17,20-21,24,27H,9,14-16H2,1-2H3,(H,25,26)/t20-,21?/m0/s1. The number of carbonyl (C=O) groups excluding carboxylic acids is 1. The second-order valence-electron chi connectivity index (χ2n) is 7.84. The van der Waals surface area contributed by atoms with E-state index in [1.165, 1.54) is 0 Å². The number of carbonyl (C=O) groups is 1. The van der Waals surface area contributed by atoms with Crippen LogP contribution in [0.1, 0.15) is 44.2 Å². The van der Waals surface area contributed by atoms with Crippen molar-refractivity contribution in [3.63, 3.8) is 0 Å². The number of nitrogens with one attached hydrogen (secondary N) is 2. The van der Waals surface area contributed by atoms with Crippen LogP contribution in [0.15, 0.2) is 60.7 Å². The van der Waals surface area contributed by atoms with Gasteiger partial charge in [-0.25, -0.2) is 0 Å². The Morgan fingerprint density at radius 2 is 1.67 bits per heavy atom. The number of amides is 1. The van der Waals surface area contributed by atoms with Gasteiger partial charge in [-0.1, -0.05) is 74.5 Å². The Morgan fingerprint density at radius 3 is 2.11 bits per heavy atom. The minimum absolute atomic E-state index is 0.0246. The van der Waals surface area contributed by atoms with Crippen molar-refractivity contribution in [2.45, 2.75) is 50.8 Å². The summed E-state index contributed by atoms with van der Waals surface area (Å²) >= 11 is 0. The van der Waals surface area contributed by atoms with E-state index in [1.54, 1.807) is 0 Å². The third kappa shape index (κ3) is 4.40. The highest BCUT2D eigenvalue weighted by molar-refractivity contribution is 5.82. The van der Waals surface area contributed by atoms with E-state index in [2.05, 4.69) is 24.5 Å². The molecule has 1 saturated heterocycles. The van der Waals surface area contributed by atoms with Gasteiger partial charge in [0.25, 0.3) is 0 Å². The van der Waals surface area contributed by atoms with Crippen molar-refractivity contribution < 1.29 is 9.90 Å². The molecule has 4 nitrogen and oxygen atoms in total. The largest absolute Gasteiger partial charge is 0.378 e. The van der Waals surface area contributed by atoms with E-state index < -0.39 is 11.6 Å². The zero-order chi connectivity index (χ0) is 19.3. The van der Waals surface area contributed by atoms with E-state index in [9.17, 15) is 9.90 Å². The minimum Gasteiger partial charge on any atom is -0.378 e. The molecule has 1 aliphatic heterocycles. The predicted octanol–water partition coefficient (Wildman–Crippen LogP) is 3.21. The first kappa shape index (κ1) is 19.6. The molecule has 0 spiro atoms. The fourth-order valence-electron chi connectivity index (χ4n) is 3.94. The molecular weight excluding hydrogens is 336 g/mol. The van der Waals surface area contributed by atoms with Crippen molar-refractivity contribution in [3.8, 4) is 0 Å². The number of hydrogen-bond acceptors (Lipinski definition) is 3. The van der Waals surface area contributed by atoms with Crippen LogP contribution in [0, 0.1) is 5.92 Å². The SMILES string of the molecule is CC(C)CC(NC(=O)[C@@H]1CCCN1)C(O)(c1ccccc1)c1ccccc1. The highest BCUT2D eigenvalue weighted by Crippen LogP contribution is 2.35. The van der Waals surface area contributed by atoms with Crippen molar-refractivity contribution in [3.05, 3.63) is 71.8 Å². The Morgan fingerprint density at radius 1 is 1.11 bits per heavy atom. The minimum atomic E-state index is -1.29. The van der Waals surface area contributed by atoms with Gasteiger partial charge in [0.05, 0.1) is 12.1 Å². The molecule has 1 heterocycles. The molecule has 3 N–H and O–H groups in total. The Hall–Kier alpha value is -2.17. The molecule has 1 unspecified atom stereocenters. The highest BCUT2D eigenvalue weighted by atomic mass is 16.3. The molecule has 1 amide bonds. The first-order valence-corrected chi connectivity index (χ1v) is 9.89. The molecule has 2 atom stereocenters. The topological polar surface area (TPSA) is 61.4 Å². The maximum Gasteiger partial charge on any atom is 0.237 e. The van der Waals surface area contributed by atoms with Gasteiger partial charge in [0, 0.05) is 0 Å². The van der Waals surface area contributed by atoms with Crippen LogP contribution >= 0.6 is 0 Å². The van der Waals surface area contributed by atoms with Crippen molar-refractivity contribution in [1.82, 2.24) is 10.6 Å². The highest BCUT2D eigenvalue weighted by Gasteiger charge is 2.42. The van der Waals surface area contributed by atoms with Crippen LogP contribution < -0.4 is 10.6 Å². The molecule has 2 aromatic carbocycles. The van der Waals surface area contributed by atoms with E-state index in [-0.39, 0.29) is 11.9 Å². The summed E-state index contributed by atoms with van der Waals surface area (Å²) in [5.74, 6) is 0.300. The van der Waals surface area contributed by atoms with Crippen LogP contribution in [0.3, 0.4) is 0 Å². The number of benzene rings is 2. The normalized spacial score (nSPS) is 18.4. The molecule has 1 aliphatic rings.